The van der Waals surface area contributed by atoms with Crippen LogP contribution in [0.15, 0.2) is 48.7 Å². The smallest absolute Gasteiger partial charge is 0.254 e. The molecule has 9 heteroatoms. The Labute approximate surface area is 215 Å². The predicted octanol–water partition coefficient (Wildman–Crippen LogP) is 4.79. The molecule has 0 spiro atoms. The number of benzene rings is 2. The molecule has 1 aromatic heterocycles. The Hall–Kier alpha value is -4.45. The second-order valence-electron chi connectivity index (χ2n) is 9.84. The Morgan fingerprint density at radius 3 is 2.76 bits per heavy atom. The van der Waals surface area contributed by atoms with Crippen molar-refractivity contribution in [3.8, 4) is 6.07 Å². The summed E-state index contributed by atoms with van der Waals surface area (Å²) in [5.74, 6) is 1.05. The van der Waals surface area contributed by atoms with E-state index in [9.17, 15) is 14.9 Å². The lowest BCUT2D eigenvalue weighted by Gasteiger charge is -2.45. The summed E-state index contributed by atoms with van der Waals surface area (Å²) >= 11 is 0. The molecule has 2 aromatic carbocycles. The second kappa shape index (κ2) is 9.21. The van der Waals surface area contributed by atoms with E-state index in [1.54, 1.807) is 29.3 Å². The molecular formula is C28H27N7O2. The van der Waals surface area contributed by atoms with Crippen LogP contribution in [0.4, 0.5) is 34.5 Å². The Morgan fingerprint density at radius 1 is 1.11 bits per heavy atom. The van der Waals surface area contributed by atoms with Gasteiger partial charge in [0, 0.05) is 17.4 Å². The Balaban J connectivity index is 1.41. The molecule has 2 amide bonds. The standard InChI is InChI=1S/C28H27N7O2/c1-17-27(37)35(22-9-5-6-18(12-22)15-29)24-16-30-28(33-26(24)34(17)21-7-3-2-4-8-21)31-20-10-11-23-19(13-20)14-25(36)32-23/h5-6,9-13,16-17,21H,2-4,7-8,14H2,1H3,(H,32,36)(H,30,31,33)/t17-/m1/s1. The zero-order chi connectivity index (χ0) is 25.5. The number of amides is 2. The largest absolute Gasteiger partial charge is 0.340 e. The Kier molecular flexibility index (Phi) is 5.72. The van der Waals surface area contributed by atoms with Crippen LogP contribution >= 0.6 is 0 Å². The average Bonchev–Trinajstić information content (AvgIpc) is 3.29. The van der Waals surface area contributed by atoms with Crippen molar-refractivity contribution in [3.63, 3.8) is 0 Å². The van der Waals surface area contributed by atoms with E-state index < -0.39 is 6.04 Å². The van der Waals surface area contributed by atoms with Gasteiger partial charge in [0.2, 0.25) is 11.9 Å². The fourth-order valence-electron chi connectivity index (χ4n) is 5.65. The number of nitrogens with zero attached hydrogens (tertiary/aromatic N) is 5. The van der Waals surface area contributed by atoms with Gasteiger partial charge in [-0.3, -0.25) is 14.5 Å². The first-order valence-electron chi connectivity index (χ1n) is 12.7. The molecule has 2 aliphatic heterocycles. The second-order valence-corrected chi connectivity index (χ2v) is 9.84. The maximum absolute atomic E-state index is 13.7. The first kappa shape index (κ1) is 23.0. The number of anilines is 6. The summed E-state index contributed by atoms with van der Waals surface area (Å²) in [5.41, 5.74) is 4.27. The van der Waals surface area contributed by atoms with Crippen LogP contribution in [-0.2, 0) is 16.0 Å². The van der Waals surface area contributed by atoms with Gasteiger partial charge in [0.1, 0.15) is 11.7 Å². The summed E-state index contributed by atoms with van der Waals surface area (Å²) in [6, 6.07) is 14.7. The van der Waals surface area contributed by atoms with Crippen LogP contribution in [0, 0.1) is 11.3 Å². The van der Waals surface area contributed by atoms with E-state index >= 15 is 0 Å². The van der Waals surface area contributed by atoms with Gasteiger partial charge in [-0.15, -0.1) is 0 Å². The van der Waals surface area contributed by atoms with Crippen LogP contribution in [0.25, 0.3) is 0 Å². The lowest BCUT2D eigenvalue weighted by Crippen LogP contribution is -2.55. The summed E-state index contributed by atoms with van der Waals surface area (Å²) in [7, 11) is 0. The van der Waals surface area contributed by atoms with E-state index in [2.05, 4.69) is 26.6 Å². The van der Waals surface area contributed by atoms with Gasteiger partial charge in [-0.1, -0.05) is 25.3 Å². The molecule has 0 saturated heterocycles. The van der Waals surface area contributed by atoms with E-state index in [0.717, 1.165) is 42.6 Å². The van der Waals surface area contributed by atoms with Crippen LogP contribution in [-0.4, -0.2) is 33.9 Å². The van der Waals surface area contributed by atoms with Gasteiger partial charge in [0.05, 0.1) is 29.9 Å². The van der Waals surface area contributed by atoms with Crippen LogP contribution in [0.3, 0.4) is 0 Å². The topological polar surface area (TPSA) is 114 Å². The number of nitrogens with one attached hydrogen (secondary N) is 2. The minimum Gasteiger partial charge on any atom is -0.340 e. The number of rotatable bonds is 4. The van der Waals surface area contributed by atoms with E-state index in [0.29, 0.717) is 35.1 Å². The molecule has 1 atom stereocenters. The summed E-state index contributed by atoms with van der Waals surface area (Å²) in [4.78, 5) is 38.8. The molecule has 3 aliphatic rings. The average molecular weight is 494 g/mol. The first-order chi connectivity index (χ1) is 18.0. The zero-order valence-electron chi connectivity index (χ0n) is 20.6. The SMILES string of the molecule is C[C@@H]1C(=O)N(c2cccc(C#N)c2)c2cnc(Nc3ccc4c(c3)CC(=O)N4)nc2N1C1CCCCC1. The quantitative estimate of drug-likeness (QED) is 0.537. The normalized spacial score (nSPS) is 19.2. The number of carbonyl (C=O) groups is 2. The molecule has 2 N–H and O–H groups in total. The van der Waals surface area contributed by atoms with Gasteiger partial charge >= 0.3 is 0 Å². The maximum Gasteiger partial charge on any atom is 0.254 e. The van der Waals surface area contributed by atoms with Crippen molar-refractivity contribution in [1.29, 1.82) is 5.26 Å². The van der Waals surface area contributed by atoms with Crippen LogP contribution in [0.1, 0.15) is 50.2 Å². The highest BCUT2D eigenvalue weighted by atomic mass is 16.2. The highest BCUT2D eigenvalue weighted by Crippen LogP contribution is 2.42. The lowest BCUT2D eigenvalue weighted by atomic mass is 9.92. The molecule has 3 heterocycles. The van der Waals surface area contributed by atoms with Crippen molar-refractivity contribution in [2.75, 3.05) is 20.4 Å². The predicted molar refractivity (Wildman–Crippen MR) is 141 cm³/mol. The molecule has 3 aromatic rings. The van der Waals surface area contributed by atoms with Gasteiger partial charge in [-0.25, -0.2) is 4.98 Å². The van der Waals surface area contributed by atoms with Gasteiger partial charge in [-0.05, 0) is 61.7 Å². The fraction of sp³-hybridized carbons (Fsp3) is 0.321. The molecule has 0 bridgehead atoms. The maximum atomic E-state index is 13.7. The highest BCUT2D eigenvalue weighted by Gasteiger charge is 2.41. The molecule has 0 radical (unpaired) electrons. The third kappa shape index (κ3) is 4.14. The monoisotopic (exact) mass is 493 g/mol. The highest BCUT2D eigenvalue weighted by molar-refractivity contribution is 6.10. The number of carbonyl (C=O) groups excluding carboxylic acids is 2. The minimum atomic E-state index is -0.416. The van der Waals surface area contributed by atoms with Crippen LogP contribution in [0.5, 0.6) is 0 Å². The minimum absolute atomic E-state index is 0.0143. The number of hydrogen-bond donors (Lipinski definition) is 2. The fourth-order valence-corrected chi connectivity index (χ4v) is 5.65. The van der Waals surface area contributed by atoms with E-state index in [1.165, 1.54) is 6.42 Å². The van der Waals surface area contributed by atoms with Crippen molar-refractivity contribution < 1.29 is 9.59 Å². The third-order valence-electron chi connectivity index (χ3n) is 7.42. The molecule has 1 aliphatic carbocycles. The molecule has 6 rings (SSSR count). The summed E-state index contributed by atoms with van der Waals surface area (Å²) in [6.07, 6.45) is 7.52. The van der Waals surface area contributed by atoms with E-state index in [1.807, 2.05) is 31.2 Å². The number of aromatic nitrogens is 2. The molecule has 0 unspecified atom stereocenters. The Morgan fingerprint density at radius 2 is 1.95 bits per heavy atom. The molecule has 1 saturated carbocycles. The number of nitriles is 1. The molecule has 186 valence electrons. The third-order valence-corrected chi connectivity index (χ3v) is 7.42. The summed E-state index contributed by atoms with van der Waals surface area (Å²) in [5, 5.41) is 15.6. The van der Waals surface area contributed by atoms with Gasteiger partial charge in [0.25, 0.3) is 5.91 Å². The first-order valence-corrected chi connectivity index (χ1v) is 12.7. The number of hydrogen-bond acceptors (Lipinski definition) is 7. The molecular weight excluding hydrogens is 466 g/mol. The Bertz CT molecular complexity index is 1440. The van der Waals surface area contributed by atoms with Crippen molar-refractivity contribution in [3.05, 3.63) is 59.8 Å². The van der Waals surface area contributed by atoms with Crippen LogP contribution < -0.4 is 20.4 Å². The van der Waals surface area contributed by atoms with Crippen molar-refractivity contribution in [2.45, 2.75) is 57.5 Å². The zero-order valence-corrected chi connectivity index (χ0v) is 20.6. The van der Waals surface area contributed by atoms with E-state index in [-0.39, 0.29) is 17.9 Å². The molecule has 1 fully saturated rings. The lowest BCUT2D eigenvalue weighted by molar-refractivity contribution is -0.119. The van der Waals surface area contributed by atoms with Gasteiger partial charge < -0.3 is 15.5 Å². The summed E-state index contributed by atoms with van der Waals surface area (Å²) in [6.45, 7) is 1.93. The number of fused-ring (bicyclic) bond motifs is 2. The van der Waals surface area contributed by atoms with Crippen LogP contribution in [0.2, 0.25) is 0 Å². The van der Waals surface area contributed by atoms with Gasteiger partial charge in [0.15, 0.2) is 5.82 Å². The van der Waals surface area contributed by atoms with Crippen molar-refractivity contribution >= 4 is 46.3 Å². The summed E-state index contributed by atoms with van der Waals surface area (Å²) < 4.78 is 0. The van der Waals surface area contributed by atoms with E-state index in [4.69, 9.17) is 4.98 Å². The van der Waals surface area contributed by atoms with Crippen molar-refractivity contribution in [2.24, 2.45) is 0 Å². The molecule has 37 heavy (non-hydrogen) atoms. The van der Waals surface area contributed by atoms with Crippen molar-refractivity contribution in [1.82, 2.24) is 9.97 Å². The molecule has 9 nitrogen and oxygen atoms in total. The van der Waals surface area contributed by atoms with Gasteiger partial charge in [-0.2, -0.15) is 10.2 Å².